The molecule has 248 valence electrons. The first-order valence-electron chi connectivity index (χ1n) is 13.1. The van der Waals surface area contributed by atoms with Gasteiger partial charge in [0.2, 0.25) is 21.7 Å². The standard InChI is InChI=1S/C25H25F8N5O5S2/c1-4-13(25(31,32)33)37-45(41,42)12-6-5-11(15(16(12)26)19(27)28)18-17(22(39)38-8-7-24(29,30)10-38)35-21(44-18)20-34-14(43-36-20)9-23(2,3)40/h5-6,13,19,37,40H,4,7-10H2,1-3H3/t13-/m0/s1. The van der Waals surface area contributed by atoms with Crippen LogP contribution in [0.3, 0.4) is 0 Å². The number of benzene rings is 1. The number of amides is 1. The number of sulfonamides is 1. The van der Waals surface area contributed by atoms with Gasteiger partial charge >= 0.3 is 6.18 Å². The zero-order chi connectivity index (χ0) is 33.7. The van der Waals surface area contributed by atoms with Gasteiger partial charge in [-0.05, 0) is 26.3 Å². The number of alkyl halides is 7. The van der Waals surface area contributed by atoms with Crippen LogP contribution in [0.25, 0.3) is 21.3 Å². The van der Waals surface area contributed by atoms with Crippen LogP contribution in [0, 0.1) is 5.82 Å². The summed E-state index contributed by atoms with van der Waals surface area (Å²) in [6.07, 6.45) is -10.5. The molecule has 1 aliphatic rings. The summed E-state index contributed by atoms with van der Waals surface area (Å²) in [4.78, 5) is 20.1. The van der Waals surface area contributed by atoms with E-state index < -0.39 is 104 Å². The molecule has 3 heterocycles. The number of hydrogen-bond donors (Lipinski definition) is 2. The molecule has 1 atom stereocenters. The van der Waals surface area contributed by atoms with Crippen LogP contribution in [0.4, 0.5) is 35.1 Å². The van der Waals surface area contributed by atoms with Gasteiger partial charge in [-0.3, -0.25) is 4.79 Å². The van der Waals surface area contributed by atoms with Gasteiger partial charge in [0.05, 0.1) is 29.0 Å². The summed E-state index contributed by atoms with van der Waals surface area (Å²) in [6.45, 7) is 2.40. The van der Waals surface area contributed by atoms with Crippen LogP contribution in [-0.2, 0) is 16.4 Å². The Morgan fingerprint density at radius 2 is 1.89 bits per heavy atom. The average molecular weight is 692 g/mol. The fraction of sp³-hybridized carbons (Fsp3) is 0.520. The number of carbonyl (C=O) groups excluding carboxylic acids is 1. The highest BCUT2D eigenvalue weighted by Crippen LogP contribution is 2.43. The maximum atomic E-state index is 15.6. The number of halogens is 8. The highest BCUT2D eigenvalue weighted by molar-refractivity contribution is 7.89. The molecule has 20 heteroatoms. The van der Waals surface area contributed by atoms with E-state index in [0.29, 0.717) is 28.4 Å². The molecule has 0 radical (unpaired) electrons. The molecular formula is C25H25F8N5O5S2. The smallest absolute Gasteiger partial charge is 0.390 e. The number of hydrogen-bond acceptors (Lipinski definition) is 9. The Morgan fingerprint density at radius 1 is 1.22 bits per heavy atom. The quantitative estimate of drug-likeness (QED) is 0.272. The van der Waals surface area contributed by atoms with Gasteiger partial charge in [-0.25, -0.2) is 35.4 Å². The fourth-order valence-electron chi connectivity index (χ4n) is 4.41. The molecule has 2 aromatic heterocycles. The van der Waals surface area contributed by atoms with Crippen LogP contribution in [0.2, 0.25) is 0 Å². The number of nitrogens with one attached hydrogen (secondary N) is 1. The summed E-state index contributed by atoms with van der Waals surface area (Å²) in [5.74, 6) is -6.90. The zero-order valence-corrected chi connectivity index (χ0v) is 25.2. The summed E-state index contributed by atoms with van der Waals surface area (Å²) < 4.78 is 144. The van der Waals surface area contributed by atoms with Gasteiger partial charge in [0.15, 0.2) is 10.8 Å². The first kappa shape index (κ1) is 34.6. The number of thiazole rings is 1. The van der Waals surface area contributed by atoms with E-state index in [1.807, 2.05) is 0 Å². The Bertz CT molecular complexity index is 1690. The molecule has 3 aromatic rings. The van der Waals surface area contributed by atoms with Crippen LogP contribution < -0.4 is 4.72 Å². The highest BCUT2D eigenvalue weighted by atomic mass is 32.2. The predicted octanol–water partition coefficient (Wildman–Crippen LogP) is 5.35. The Balaban J connectivity index is 1.87. The Morgan fingerprint density at radius 3 is 2.42 bits per heavy atom. The number of rotatable bonds is 10. The van der Waals surface area contributed by atoms with E-state index in [2.05, 4.69) is 15.1 Å². The van der Waals surface area contributed by atoms with E-state index in [9.17, 15) is 49.1 Å². The van der Waals surface area contributed by atoms with Gasteiger partial charge in [-0.1, -0.05) is 18.1 Å². The van der Waals surface area contributed by atoms with E-state index in [-0.39, 0.29) is 23.1 Å². The lowest BCUT2D eigenvalue weighted by Gasteiger charge is -2.21. The zero-order valence-electron chi connectivity index (χ0n) is 23.6. The van der Waals surface area contributed by atoms with Gasteiger partial charge in [0, 0.05) is 18.5 Å². The van der Waals surface area contributed by atoms with Gasteiger partial charge in [0.25, 0.3) is 18.3 Å². The Kier molecular flexibility index (Phi) is 9.37. The summed E-state index contributed by atoms with van der Waals surface area (Å²) in [5, 5.41) is 13.4. The monoisotopic (exact) mass is 691 g/mol. The van der Waals surface area contributed by atoms with Crippen LogP contribution in [0.5, 0.6) is 0 Å². The Labute approximate surface area is 254 Å². The maximum absolute atomic E-state index is 15.6. The maximum Gasteiger partial charge on any atom is 0.404 e. The molecule has 0 saturated carbocycles. The van der Waals surface area contributed by atoms with E-state index in [1.165, 1.54) is 18.6 Å². The summed E-state index contributed by atoms with van der Waals surface area (Å²) in [7, 11) is -5.34. The number of aromatic nitrogens is 3. The molecule has 4 rings (SSSR count). The van der Waals surface area contributed by atoms with Crippen molar-refractivity contribution in [2.45, 2.75) is 75.1 Å². The van der Waals surface area contributed by atoms with Gasteiger partial charge in [-0.15, -0.1) is 11.3 Å². The van der Waals surface area contributed by atoms with Crippen molar-refractivity contribution in [3.05, 3.63) is 35.1 Å². The lowest BCUT2D eigenvalue weighted by molar-refractivity contribution is -0.151. The van der Waals surface area contributed by atoms with E-state index in [0.717, 1.165) is 6.92 Å². The van der Waals surface area contributed by atoms with E-state index in [1.54, 1.807) is 0 Å². The lowest BCUT2D eigenvalue weighted by atomic mass is 10.0. The molecule has 2 N–H and O–H groups in total. The van der Waals surface area contributed by atoms with Crippen LogP contribution >= 0.6 is 11.3 Å². The molecule has 0 bridgehead atoms. The first-order valence-corrected chi connectivity index (χ1v) is 15.4. The van der Waals surface area contributed by atoms with Crippen LogP contribution in [0.1, 0.15) is 62.0 Å². The summed E-state index contributed by atoms with van der Waals surface area (Å²) >= 11 is 0.448. The molecule has 1 fully saturated rings. The van der Waals surface area contributed by atoms with Crippen molar-refractivity contribution < 1.29 is 58.0 Å². The molecule has 1 amide bonds. The SMILES string of the molecule is CC[C@H](NS(=O)(=O)c1ccc(-c2sc(-c3noc(CC(C)(C)O)n3)nc2C(=O)N2CCC(F)(F)C2)c(C(F)F)c1F)C(F)(F)F. The topological polar surface area (TPSA) is 139 Å². The number of aliphatic hydroxyl groups is 1. The van der Waals surface area contributed by atoms with Gasteiger partial charge in [0.1, 0.15) is 16.6 Å². The third-order valence-electron chi connectivity index (χ3n) is 6.53. The molecule has 10 nitrogen and oxygen atoms in total. The van der Waals surface area contributed by atoms with Crippen molar-refractivity contribution >= 4 is 27.3 Å². The second kappa shape index (κ2) is 12.2. The second-order valence-corrected chi connectivity index (χ2v) is 13.5. The van der Waals surface area contributed by atoms with Crippen molar-refractivity contribution in [2.75, 3.05) is 13.1 Å². The minimum Gasteiger partial charge on any atom is -0.390 e. The Hall–Kier alpha value is -3.23. The molecule has 45 heavy (non-hydrogen) atoms. The minimum atomic E-state index is -5.34. The molecule has 1 aliphatic heterocycles. The highest BCUT2D eigenvalue weighted by Gasteiger charge is 2.44. The molecule has 0 aliphatic carbocycles. The first-order chi connectivity index (χ1) is 20.6. The second-order valence-electron chi connectivity index (χ2n) is 10.8. The van der Waals surface area contributed by atoms with E-state index in [4.69, 9.17) is 4.52 Å². The van der Waals surface area contributed by atoms with Crippen LogP contribution in [-0.4, -0.2) is 76.3 Å². The third-order valence-corrected chi connectivity index (χ3v) is 9.10. The van der Waals surface area contributed by atoms with Crippen molar-refractivity contribution in [3.8, 4) is 21.3 Å². The minimum absolute atomic E-state index is 0.0908. The van der Waals surface area contributed by atoms with Crippen molar-refractivity contribution in [2.24, 2.45) is 0 Å². The van der Waals surface area contributed by atoms with Crippen LogP contribution in [0.15, 0.2) is 21.6 Å². The summed E-state index contributed by atoms with van der Waals surface area (Å²) in [6, 6.07) is -1.56. The lowest BCUT2D eigenvalue weighted by Crippen LogP contribution is -2.45. The molecule has 0 spiro atoms. The predicted molar refractivity (Wildman–Crippen MR) is 142 cm³/mol. The van der Waals surface area contributed by atoms with Gasteiger partial charge < -0.3 is 14.5 Å². The summed E-state index contributed by atoms with van der Waals surface area (Å²) in [5.41, 5.74) is -4.36. The molecular weight excluding hydrogens is 666 g/mol. The van der Waals surface area contributed by atoms with Crippen molar-refractivity contribution in [1.29, 1.82) is 0 Å². The van der Waals surface area contributed by atoms with Crippen molar-refractivity contribution in [3.63, 3.8) is 0 Å². The van der Waals surface area contributed by atoms with Crippen molar-refractivity contribution in [1.82, 2.24) is 24.7 Å². The van der Waals surface area contributed by atoms with E-state index >= 15 is 4.39 Å². The van der Waals surface area contributed by atoms with Gasteiger partial charge in [-0.2, -0.15) is 22.9 Å². The average Bonchev–Trinajstić information content (AvgIpc) is 3.62. The molecule has 0 unspecified atom stereocenters. The number of nitrogens with zero attached hydrogens (tertiary/aromatic N) is 4. The third kappa shape index (κ3) is 7.60. The number of likely N-dealkylation sites (tertiary alicyclic amines) is 1. The molecule has 1 saturated heterocycles. The molecule has 1 aromatic carbocycles. The largest absolute Gasteiger partial charge is 0.404 e. The number of carbonyl (C=O) groups is 1. The fourth-order valence-corrected chi connectivity index (χ4v) is 6.83. The normalized spacial score (nSPS) is 16.5.